The van der Waals surface area contributed by atoms with Gasteiger partial charge in [-0.1, -0.05) is 62.3 Å². The molecule has 6 atom stereocenters. The van der Waals surface area contributed by atoms with Crippen molar-refractivity contribution in [3.63, 3.8) is 0 Å². The predicted molar refractivity (Wildman–Crippen MR) is 114 cm³/mol. The first-order valence-electron chi connectivity index (χ1n) is 11.2. The monoisotopic (exact) mass is 376 g/mol. The van der Waals surface area contributed by atoms with E-state index in [4.69, 9.17) is 0 Å². The molecule has 0 spiro atoms. The number of carbonyl (C=O) groups is 1. The van der Waals surface area contributed by atoms with Crippen LogP contribution in [0.15, 0.2) is 48.6 Å². The third kappa shape index (κ3) is 3.00. The average molecular weight is 377 g/mol. The lowest BCUT2D eigenvalue weighted by molar-refractivity contribution is -0.139. The lowest BCUT2D eigenvalue weighted by Crippen LogP contribution is -2.46. The van der Waals surface area contributed by atoms with E-state index in [1.807, 2.05) is 0 Å². The Morgan fingerprint density at radius 1 is 1.11 bits per heavy atom. The highest BCUT2D eigenvalue weighted by molar-refractivity contribution is 5.81. The lowest BCUT2D eigenvalue weighted by Gasteiger charge is -2.43. The van der Waals surface area contributed by atoms with Gasteiger partial charge in [-0.25, -0.2) is 0 Å². The van der Waals surface area contributed by atoms with Crippen LogP contribution in [0, 0.1) is 23.7 Å². The molecule has 0 aromatic heterocycles. The quantitative estimate of drug-likeness (QED) is 0.757. The standard InChI is InChI=1S/C25H32N2O/c1-17-9-5-6-12-19(17)25(28)27-16-15-21-23(18-10-3-2-4-11-18)26-22-14-8-7-13-20(22)24(21)27/h2-4,7-8,10,13-14,17-19,21,23-24,26H,5-6,9,11-12,15-16H2,1H3/t17-,18?,19+,21-,23+,24+/m1/s1. The number of para-hydroxylation sites is 1. The number of carbonyl (C=O) groups excluding carboxylic acids is 1. The van der Waals surface area contributed by atoms with Crippen LogP contribution < -0.4 is 5.32 Å². The van der Waals surface area contributed by atoms with Crippen LogP contribution in [0.2, 0.25) is 0 Å². The second-order valence-corrected chi connectivity index (χ2v) is 9.27. The van der Waals surface area contributed by atoms with Crippen molar-refractivity contribution in [2.75, 3.05) is 11.9 Å². The van der Waals surface area contributed by atoms with Crippen molar-refractivity contribution in [1.29, 1.82) is 0 Å². The van der Waals surface area contributed by atoms with Crippen molar-refractivity contribution in [2.45, 2.75) is 57.5 Å². The summed E-state index contributed by atoms with van der Waals surface area (Å²) in [5.41, 5.74) is 2.56. The van der Waals surface area contributed by atoms with Crippen LogP contribution in [-0.2, 0) is 4.79 Å². The number of fused-ring (bicyclic) bond motifs is 3. The Bertz CT molecular complexity index is 797. The second kappa shape index (κ2) is 7.42. The number of hydrogen-bond donors (Lipinski definition) is 1. The summed E-state index contributed by atoms with van der Waals surface area (Å²) in [6.45, 7) is 3.20. The average Bonchev–Trinajstić information content (AvgIpc) is 3.19. The highest BCUT2D eigenvalue weighted by Gasteiger charge is 2.48. The predicted octanol–water partition coefficient (Wildman–Crippen LogP) is 5.33. The first-order valence-corrected chi connectivity index (χ1v) is 11.2. The van der Waals surface area contributed by atoms with E-state index in [9.17, 15) is 4.79 Å². The molecular weight excluding hydrogens is 344 g/mol. The van der Waals surface area contributed by atoms with Gasteiger partial charge < -0.3 is 10.2 Å². The van der Waals surface area contributed by atoms with Gasteiger partial charge in [0.25, 0.3) is 0 Å². The Balaban J connectivity index is 1.47. The van der Waals surface area contributed by atoms with Crippen molar-refractivity contribution in [3.8, 4) is 0 Å². The molecule has 1 unspecified atom stereocenters. The van der Waals surface area contributed by atoms with Gasteiger partial charge in [-0.05, 0) is 43.2 Å². The molecule has 28 heavy (non-hydrogen) atoms. The van der Waals surface area contributed by atoms with Crippen LogP contribution in [0.4, 0.5) is 5.69 Å². The number of amides is 1. The maximum Gasteiger partial charge on any atom is 0.226 e. The topological polar surface area (TPSA) is 32.3 Å². The van der Waals surface area contributed by atoms with Gasteiger partial charge in [0.05, 0.1) is 6.04 Å². The molecule has 1 aromatic carbocycles. The van der Waals surface area contributed by atoms with Crippen molar-refractivity contribution in [3.05, 3.63) is 54.1 Å². The highest BCUT2D eigenvalue weighted by atomic mass is 16.2. The van der Waals surface area contributed by atoms with Gasteiger partial charge in [-0.15, -0.1) is 0 Å². The Hall–Kier alpha value is -2.03. The number of benzene rings is 1. The van der Waals surface area contributed by atoms with Crippen LogP contribution >= 0.6 is 0 Å². The maximum absolute atomic E-state index is 13.6. The molecule has 2 heterocycles. The molecule has 3 nitrogen and oxygen atoms in total. The number of hydrogen-bond acceptors (Lipinski definition) is 2. The van der Waals surface area contributed by atoms with Crippen LogP contribution in [0.5, 0.6) is 0 Å². The summed E-state index contributed by atoms with van der Waals surface area (Å²) in [7, 11) is 0. The molecule has 1 saturated carbocycles. The van der Waals surface area contributed by atoms with E-state index in [-0.39, 0.29) is 12.0 Å². The molecule has 2 fully saturated rings. The number of rotatable bonds is 2. The van der Waals surface area contributed by atoms with E-state index >= 15 is 0 Å². The third-order valence-electron chi connectivity index (χ3n) is 7.69. The summed E-state index contributed by atoms with van der Waals surface area (Å²) in [6.07, 6.45) is 16.0. The highest BCUT2D eigenvalue weighted by Crippen LogP contribution is 2.49. The molecule has 1 aromatic rings. The fourth-order valence-corrected chi connectivity index (χ4v) is 6.20. The van der Waals surface area contributed by atoms with E-state index in [2.05, 4.69) is 65.7 Å². The van der Waals surface area contributed by atoms with Gasteiger partial charge in [0.1, 0.15) is 0 Å². The molecule has 2 aliphatic carbocycles. The zero-order valence-corrected chi connectivity index (χ0v) is 16.9. The first-order chi connectivity index (χ1) is 13.7. The van der Waals surface area contributed by atoms with Gasteiger partial charge in [-0.3, -0.25) is 4.79 Å². The normalized spacial score (nSPS) is 36.5. The zero-order valence-electron chi connectivity index (χ0n) is 16.9. The summed E-state index contributed by atoms with van der Waals surface area (Å²) in [4.78, 5) is 15.9. The maximum atomic E-state index is 13.6. The number of nitrogens with one attached hydrogen (secondary N) is 1. The van der Waals surface area contributed by atoms with Crippen LogP contribution in [0.25, 0.3) is 0 Å². The van der Waals surface area contributed by atoms with Gasteiger partial charge in [0.2, 0.25) is 5.91 Å². The van der Waals surface area contributed by atoms with Crippen LogP contribution in [-0.4, -0.2) is 23.4 Å². The second-order valence-electron chi connectivity index (χ2n) is 9.27. The SMILES string of the molecule is C[C@@H]1CCCC[C@@H]1C(=O)N1CC[C@@H]2[C@H](C3C=CC=CC3)Nc3ccccc3[C@@H]21. The fraction of sp³-hybridized carbons (Fsp3) is 0.560. The number of likely N-dealkylation sites (tertiary alicyclic amines) is 1. The van der Waals surface area contributed by atoms with E-state index in [1.54, 1.807) is 0 Å². The van der Waals surface area contributed by atoms with Crippen LogP contribution in [0.3, 0.4) is 0 Å². The molecule has 1 saturated heterocycles. The minimum Gasteiger partial charge on any atom is -0.381 e. The summed E-state index contributed by atoms with van der Waals surface area (Å²) >= 11 is 0. The zero-order chi connectivity index (χ0) is 19.1. The Morgan fingerprint density at radius 2 is 1.96 bits per heavy atom. The number of allylic oxidation sites excluding steroid dienone is 3. The molecule has 2 aliphatic heterocycles. The van der Waals surface area contributed by atoms with E-state index < -0.39 is 0 Å². The van der Waals surface area contributed by atoms with Crippen molar-refractivity contribution in [2.24, 2.45) is 23.7 Å². The summed E-state index contributed by atoms with van der Waals surface area (Å²) in [5, 5.41) is 3.86. The Labute approximate surface area is 168 Å². The Morgan fingerprint density at radius 3 is 2.79 bits per heavy atom. The summed E-state index contributed by atoms with van der Waals surface area (Å²) < 4.78 is 0. The minimum atomic E-state index is 0.227. The summed E-state index contributed by atoms with van der Waals surface area (Å²) in [6, 6.07) is 9.33. The minimum absolute atomic E-state index is 0.227. The van der Waals surface area contributed by atoms with E-state index in [1.165, 1.54) is 30.5 Å². The van der Waals surface area contributed by atoms with E-state index in [0.29, 0.717) is 29.7 Å². The van der Waals surface area contributed by atoms with E-state index in [0.717, 1.165) is 25.8 Å². The van der Waals surface area contributed by atoms with Gasteiger partial charge in [-0.2, -0.15) is 0 Å². The number of nitrogens with zero attached hydrogens (tertiary/aromatic N) is 1. The molecule has 1 amide bonds. The molecule has 148 valence electrons. The third-order valence-corrected chi connectivity index (χ3v) is 7.69. The van der Waals surface area contributed by atoms with Crippen molar-refractivity contribution in [1.82, 2.24) is 4.90 Å². The molecular formula is C25H32N2O. The molecule has 3 heteroatoms. The smallest absolute Gasteiger partial charge is 0.226 e. The molecule has 0 bridgehead atoms. The molecule has 5 rings (SSSR count). The van der Waals surface area contributed by atoms with Gasteiger partial charge >= 0.3 is 0 Å². The summed E-state index contributed by atoms with van der Waals surface area (Å²) in [5.74, 6) is 2.19. The Kier molecular flexibility index (Phi) is 4.78. The first kappa shape index (κ1) is 18.0. The van der Waals surface area contributed by atoms with Gasteiger partial charge in [0, 0.05) is 36.0 Å². The number of anilines is 1. The molecule has 4 aliphatic rings. The largest absolute Gasteiger partial charge is 0.381 e. The fourth-order valence-electron chi connectivity index (χ4n) is 6.20. The van der Waals surface area contributed by atoms with Crippen molar-refractivity contribution >= 4 is 11.6 Å². The molecule has 0 radical (unpaired) electrons. The van der Waals surface area contributed by atoms with Crippen LogP contribution in [0.1, 0.15) is 57.1 Å². The lowest BCUT2D eigenvalue weighted by atomic mass is 9.75. The van der Waals surface area contributed by atoms with Gasteiger partial charge in [0.15, 0.2) is 0 Å². The molecule has 1 N–H and O–H groups in total. The van der Waals surface area contributed by atoms with Crippen molar-refractivity contribution < 1.29 is 4.79 Å².